The molecule has 0 aromatic heterocycles. The van der Waals surface area contributed by atoms with Gasteiger partial charge in [0.15, 0.2) is 11.5 Å². The van der Waals surface area contributed by atoms with Gasteiger partial charge >= 0.3 is 10.1 Å². The molecule has 0 saturated heterocycles. The molecular formula is C25H20FN3O6S. The minimum Gasteiger partial charge on any atom is -0.493 e. The van der Waals surface area contributed by atoms with E-state index in [-0.39, 0.29) is 39.1 Å². The summed E-state index contributed by atoms with van der Waals surface area (Å²) >= 11 is 0. The van der Waals surface area contributed by atoms with E-state index >= 15 is 0 Å². The largest absolute Gasteiger partial charge is 0.493 e. The molecule has 3 aromatic carbocycles. The fraction of sp³-hybridized carbons (Fsp3) is 0.0800. The molecule has 2 N–H and O–H groups in total. The first-order chi connectivity index (χ1) is 17.1. The Kier molecular flexibility index (Phi) is 8.03. The van der Waals surface area contributed by atoms with E-state index < -0.39 is 21.8 Å². The lowest BCUT2D eigenvalue weighted by molar-refractivity contribution is -0.114. The van der Waals surface area contributed by atoms with Crippen LogP contribution in [0.4, 0.5) is 15.8 Å². The lowest BCUT2D eigenvalue weighted by atomic mass is 10.1. The van der Waals surface area contributed by atoms with Gasteiger partial charge in [-0.05, 0) is 60.2 Å². The number of methoxy groups -OCH3 is 1. The van der Waals surface area contributed by atoms with Crippen molar-refractivity contribution >= 4 is 39.4 Å². The van der Waals surface area contributed by atoms with E-state index in [2.05, 4.69) is 10.6 Å². The van der Waals surface area contributed by atoms with Gasteiger partial charge in [-0.3, -0.25) is 9.59 Å². The highest BCUT2D eigenvalue weighted by Crippen LogP contribution is 2.32. The third kappa shape index (κ3) is 6.46. The van der Waals surface area contributed by atoms with Crippen LogP contribution in [0.1, 0.15) is 12.5 Å². The number of nitrogens with one attached hydrogen (secondary N) is 2. The predicted molar refractivity (Wildman–Crippen MR) is 130 cm³/mol. The van der Waals surface area contributed by atoms with Crippen molar-refractivity contribution in [1.82, 2.24) is 0 Å². The molecule has 0 atom stereocenters. The summed E-state index contributed by atoms with van der Waals surface area (Å²) in [7, 11) is -2.99. The molecule has 0 aliphatic carbocycles. The zero-order valence-corrected chi connectivity index (χ0v) is 19.9. The molecule has 3 rings (SSSR count). The Labute approximate surface area is 206 Å². The van der Waals surface area contributed by atoms with Crippen LogP contribution in [0.2, 0.25) is 0 Å². The van der Waals surface area contributed by atoms with Crippen LogP contribution < -0.4 is 19.6 Å². The van der Waals surface area contributed by atoms with Gasteiger partial charge < -0.3 is 19.6 Å². The van der Waals surface area contributed by atoms with Crippen LogP contribution in [0, 0.1) is 17.1 Å². The average Bonchev–Trinajstić information content (AvgIpc) is 2.83. The van der Waals surface area contributed by atoms with Crippen LogP contribution >= 0.6 is 0 Å². The van der Waals surface area contributed by atoms with E-state index in [4.69, 9.17) is 8.92 Å². The number of anilines is 2. The molecule has 9 nitrogen and oxygen atoms in total. The monoisotopic (exact) mass is 509 g/mol. The summed E-state index contributed by atoms with van der Waals surface area (Å²) < 4.78 is 49.9. The van der Waals surface area contributed by atoms with Crippen molar-refractivity contribution in [2.75, 3.05) is 17.7 Å². The highest BCUT2D eigenvalue weighted by molar-refractivity contribution is 7.87. The molecule has 3 aromatic rings. The maximum absolute atomic E-state index is 13.8. The SMILES string of the molecule is COc1ccc(/C=C(\C#N)C(=O)Nc2ccccc2F)cc1OS(=O)(=O)c1ccc(NC(C)=O)cc1. The van der Waals surface area contributed by atoms with Crippen LogP contribution in [0.25, 0.3) is 6.08 Å². The molecule has 0 aliphatic rings. The Hall–Kier alpha value is -4.69. The van der Waals surface area contributed by atoms with Gasteiger partial charge in [-0.1, -0.05) is 18.2 Å². The number of amides is 2. The van der Waals surface area contributed by atoms with E-state index in [1.807, 2.05) is 0 Å². The summed E-state index contributed by atoms with van der Waals surface area (Å²) in [5, 5.41) is 14.3. The molecule has 0 radical (unpaired) electrons. The van der Waals surface area contributed by atoms with E-state index in [1.165, 1.54) is 80.8 Å². The van der Waals surface area contributed by atoms with E-state index in [0.29, 0.717) is 5.69 Å². The van der Waals surface area contributed by atoms with Gasteiger partial charge in [-0.25, -0.2) is 4.39 Å². The van der Waals surface area contributed by atoms with Gasteiger partial charge in [0.1, 0.15) is 22.4 Å². The topological polar surface area (TPSA) is 135 Å². The van der Waals surface area contributed by atoms with Crippen molar-refractivity contribution < 1.29 is 31.3 Å². The van der Waals surface area contributed by atoms with Gasteiger partial charge in [0.2, 0.25) is 5.91 Å². The Balaban J connectivity index is 1.88. The molecule has 2 amide bonds. The van der Waals surface area contributed by atoms with Crippen LogP contribution in [0.15, 0.2) is 77.2 Å². The number of para-hydroxylation sites is 1. The molecule has 0 bridgehead atoms. The summed E-state index contributed by atoms with van der Waals surface area (Å²) in [5.74, 6) is -1.94. The number of nitriles is 1. The summed E-state index contributed by atoms with van der Waals surface area (Å²) in [6.07, 6.45) is 1.19. The highest BCUT2D eigenvalue weighted by Gasteiger charge is 2.20. The number of rotatable bonds is 8. The first kappa shape index (κ1) is 25.9. The lowest BCUT2D eigenvalue weighted by Crippen LogP contribution is -2.14. The standard InChI is InChI=1S/C25H20FN3O6S/c1-16(30)28-19-8-10-20(11-9-19)36(32,33)35-24-14-17(7-12-23(24)34-2)13-18(15-27)25(31)29-22-6-4-3-5-21(22)26/h3-14H,1-2H3,(H,28,30)(H,29,31)/b18-13+. The number of nitrogens with zero attached hydrogens (tertiary/aromatic N) is 1. The van der Waals surface area contributed by atoms with Crippen LogP contribution in [0.5, 0.6) is 11.5 Å². The lowest BCUT2D eigenvalue weighted by Gasteiger charge is -2.12. The number of ether oxygens (including phenoxy) is 1. The molecular weight excluding hydrogens is 489 g/mol. The van der Waals surface area contributed by atoms with Gasteiger partial charge in [0.25, 0.3) is 5.91 Å². The molecule has 0 heterocycles. The first-order valence-corrected chi connectivity index (χ1v) is 11.7. The van der Waals surface area contributed by atoms with E-state index in [9.17, 15) is 27.7 Å². The second kappa shape index (κ2) is 11.2. The molecule has 184 valence electrons. The Morgan fingerprint density at radius 1 is 1.00 bits per heavy atom. The Morgan fingerprint density at radius 3 is 2.31 bits per heavy atom. The molecule has 0 saturated carbocycles. The van der Waals surface area contributed by atoms with E-state index in [1.54, 1.807) is 6.07 Å². The molecule has 0 fully saturated rings. The van der Waals surface area contributed by atoms with Gasteiger partial charge in [0, 0.05) is 12.6 Å². The zero-order chi connectivity index (χ0) is 26.3. The average molecular weight is 510 g/mol. The normalized spacial score (nSPS) is 11.2. The maximum atomic E-state index is 13.8. The van der Waals surface area contributed by atoms with Crippen molar-refractivity contribution in [3.05, 3.63) is 83.7 Å². The molecule has 0 unspecified atom stereocenters. The van der Waals surface area contributed by atoms with Crippen molar-refractivity contribution in [1.29, 1.82) is 5.26 Å². The second-order valence-corrected chi connectivity index (χ2v) is 8.80. The zero-order valence-electron chi connectivity index (χ0n) is 19.1. The Morgan fingerprint density at radius 2 is 1.69 bits per heavy atom. The van der Waals surface area contributed by atoms with Gasteiger partial charge in [-0.15, -0.1) is 0 Å². The van der Waals surface area contributed by atoms with Crippen LogP contribution in [0.3, 0.4) is 0 Å². The molecule has 11 heteroatoms. The maximum Gasteiger partial charge on any atom is 0.339 e. The number of carbonyl (C=O) groups excluding carboxylic acids is 2. The quantitative estimate of drug-likeness (QED) is 0.265. The van der Waals surface area contributed by atoms with Crippen molar-refractivity contribution in [2.24, 2.45) is 0 Å². The predicted octanol–water partition coefficient (Wildman–Crippen LogP) is 4.11. The molecule has 0 spiro atoms. The van der Waals surface area contributed by atoms with Crippen molar-refractivity contribution in [3.8, 4) is 17.6 Å². The smallest absolute Gasteiger partial charge is 0.339 e. The van der Waals surface area contributed by atoms with Gasteiger partial charge in [0.05, 0.1) is 12.8 Å². The number of hydrogen-bond donors (Lipinski definition) is 2. The summed E-state index contributed by atoms with van der Waals surface area (Å²) in [6.45, 7) is 1.32. The van der Waals surface area contributed by atoms with Gasteiger partial charge in [-0.2, -0.15) is 13.7 Å². The second-order valence-electron chi connectivity index (χ2n) is 7.26. The Bertz CT molecular complexity index is 1480. The number of benzene rings is 3. The third-order valence-corrected chi connectivity index (χ3v) is 5.90. The highest BCUT2D eigenvalue weighted by atomic mass is 32.2. The minimum atomic E-state index is -4.30. The number of hydrogen-bond acceptors (Lipinski definition) is 7. The molecule has 0 aliphatic heterocycles. The number of carbonyl (C=O) groups is 2. The van der Waals surface area contributed by atoms with Crippen molar-refractivity contribution in [2.45, 2.75) is 11.8 Å². The van der Waals surface area contributed by atoms with Crippen LogP contribution in [-0.4, -0.2) is 27.3 Å². The summed E-state index contributed by atoms with van der Waals surface area (Å²) in [5.41, 5.74) is 0.204. The first-order valence-electron chi connectivity index (χ1n) is 10.3. The molecule has 36 heavy (non-hydrogen) atoms. The van der Waals surface area contributed by atoms with E-state index in [0.717, 1.165) is 6.07 Å². The third-order valence-electron chi connectivity index (χ3n) is 4.65. The summed E-state index contributed by atoms with van der Waals surface area (Å²) in [4.78, 5) is 23.4. The summed E-state index contributed by atoms with van der Waals surface area (Å²) in [6, 6.07) is 16.7. The number of halogens is 1. The fourth-order valence-corrected chi connectivity index (χ4v) is 3.92. The van der Waals surface area contributed by atoms with Crippen LogP contribution in [-0.2, 0) is 19.7 Å². The minimum absolute atomic E-state index is 0.0832. The van der Waals surface area contributed by atoms with Crippen molar-refractivity contribution in [3.63, 3.8) is 0 Å². The fourth-order valence-electron chi connectivity index (χ4n) is 2.99.